The van der Waals surface area contributed by atoms with Gasteiger partial charge in [-0.3, -0.25) is 14.6 Å². The number of aromatic nitrogens is 1. The number of nitrogens with one attached hydrogen (secondary N) is 1. The summed E-state index contributed by atoms with van der Waals surface area (Å²) in [7, 11) is 3.19. The zero-order valence-electron chi connectivity index (χ0n) is 16.2. The fraction of sp³-hybridized carbons (Fsp3) is 0.632. The molecule has 0 radical (unpaired) electrons. The molecule has 0 spiro atoms. The highest BCUT2D eigenvalue weighted by molar-refractivity contribution is 5.82. The van der Waals surface area contributed by atoms with Gasteiger partial charge in [-0.1, -0.05) is 13.0 Å². The smallest absolute Gasteiger partial charge is 0.310 e. The fourth-order valence-corrected chi connectivity index (χ4v) is 3.44. The minimum Gasteiger partial charge on any atom is -0.469 e. The molecule has 0 amide bonds. The van der Waals surface area contributed by atoms with E-state index in [4.69, 9.17) is 4.74 Å². The maximum atomic E-state index is 11.9. The largest absolute Gasteiger partial charge is 0.469 e. The van der Waals surface area contributed by atoms with Crippen molar-refractivity contribution in [2.75, 3.05) is 33.8 Å². The number of unbranched alkanes of at least 4 members (excludes halogenated alkanes) is 1. The van der Waals surface area contributed by atoms with E-state index in [9.17, 15) is 9.59 Å². The summed E-state index contributed by atoms with van der Waals surface area (Å²) in [5, 5.41) is 3.36. The number of ether oxygens (including phenoxy) is 1. The molecule has 7 nitrogen and oxygen atoms in total. The van der Waals surface area contributed by atoms with Gasteiger partial charge < -0.3 is 19.5 Å². The second kappa shape index (κ2) is 9.40. The van der Waals surface area contributed by atoms with Crippen molar-refractivity contribution in [3.63, 3.8) is 0 Å². The lowest BCUT2D eigenvalue weighted by molar-refractivity contribution is -0.145. The van der Waals surface area contributed by atoms with Crippen LogP contribution in [0.2, 0.25) is 0 Å². The number of nitrogens with zero attached hydrogens (tertiary/aromatic N) is 3. The van der Waals surface area contributed by atoms with Crippen molar-refractivity contribution < 1.29 is 9.53 Å². The van der Waals surface area contributed by atoms with Gasteiger partial charge in [-0.15, -0.1) is 0 Å². The summed E-state index contributed by atoms with van der Waals surface area (Å²) in [6.45, 7) is 6.94. The van der Waals surface area contributed by atoms with E-state index in [1.807, 2.05) is 13.0 Å². The summed E-state index contributed by atoms with van der Waals surface area (Å²) in [4.78, 5) is 30.1. The Morgan fingerprint density at radius 1 is 1.35 bits per heavy atom. The number of hydrogen-bond donors (Lipinski definition) is 1. The van der Waals surface area contributed by atoms with Gasteiger partial charge in [0, 0.05) is 45.0 Å². The number of likely N-dealkylation sites (tertiary alicyclic amines) is 1. The Balaban J connectivity index is 1.78. The Labute approximate surface area is 155 Å². The van der Waals surface area contributed by atoms with Crippen molar-refractivity contribution in [2.24, 2.45) is 16.8 Å². The Bertz CT molecular complexity index is 698. The highest BCUT2D eigenvalue weighted by Gasteiger charge is 2.36. The Morgan fingerprint density at radius 3 is 2.77 bits per heavy atom. The van der Waals surface area contributed by atoms with Crippen LogP contribution in [-0.4, -0.2) is 55.2 Å². The lowest BCUT2D eigenvalue weighted by atomic mass is 9.99. The lowest BCUT2D eigenvalue weighted by Gasteiger charge is -2.21. The summed E-state index contributed by atoms with van der Waals surface area (Å²) in [6, 6.07) is 5.34. The maximum Gasteiger partial charge on any atom is 0.310 e. The van der Waals surface area contributed by atoms with Gasteiger partial charge in [0.05, 0.1) is 13.0 Å². The van der Waals surface area contributed by atoms with Crippen LogP contribution in [0.3, 0.4) is 0 Å². The predicted octanol–water partition coefficient (Wildman–Crippen LogP) is 1.25. The quantitative estimate of drug-likeness (QED) is 0.357. The molecule has 1 fully saturated rings. The minimum absolute atomic E-state index is 0.0497. The topological polar surface area (TPSA) is 75.9 Å². The van der Waals surface area contributed by atoms with Gasteiger partial charge in [0.2, 0.25) is 0 Å². The molecule has 7 heteroatoms. The van der Waals surface area contributed by atoms with E-state index >= 15 is 0 Å². The summed E-state index contributed by atoms with van der Waals surface area (Å²) in [5.74, 6) is 0.802. The van der Waals surface area contributed by atoms with Gasteiger partial charge in [0.15, 0.2) is 5.96 Å². The van der Waals surface area contributed by atoms with E-state index in [1.54, 1.807) is 23.7 Å². The number of carbonyl (C=O) groups is 1. The third-order valence-corrected chi connectivity index (χ3v) is 4.99. The van der Waals surface area contributed by atoms with Crippen molar-refractivity contribution in [1.29, 1.82) is 0 Å². The third kappa shape index (κ3) is 4.86. The third-order valence-electron chi connectivity index (χ3n) is 4.99. The number of carbonyl (C=O) groups excluding carboxylic acids is 1. The van der Waals surface area contributed by atoms with Crippen molar-refractivity contribution in [2.45, 2.75) is 33.2 Å². The van der Waals surface area contributed by atoms with Gasteiger partial charge >= 0.3 is 5.97 Å². The molecule has 1 saturated heterocycles. The molecule has 2 unspecified atom stereocenters. The highest BCUT2D eigenvalue weighted by Crippen LogP contribution is 2.24. The summed E-state index contributed by atoms with van der Waals surface area (Å²) >= 11 is 0. The van der Waals surface area contributed by atoms with Crippen LogP contribution >= 0.6 is 0 Å². The van der Waals surface area contributed by atoms with Crippen molar-refractivity contribution in [3.8, 4) is 0 Å². The Kier molecular flexibility index (Phi) is 7.24. The molecule has 2 atom stereocenters. The molecule has 144 valence electrons. The molecule has 0 saturated carbocycles. The van der Waals surface area contributed by atoms with Gasteiger partial charge in [-0.05, 0) is 31.7 Å². The van der Waals surface area contributed by atoms with E-state index in [2.05, 4.69) is 22.1 Å². The molecule has 1 aliphatic heterocycles. The number of pyridine rings is 1. The second-order valence-electron chi connectivity index (χ2n) is 6.85. The molecule has 1 N–H and O–H groups in total. The monoisotopic (exact) mass is 362 g/mol. The highest BCUT2D eigenvalue weighted by atomic mass is 16.5. The summed E-state index contributed by atoms with van der Waals surface area (Å²) in [5.41, 5.74) is 1.04. The molecule has 2 rings (SSSR count). The molecular weight excluding hydrogens is 332 g/mol. The Hall–Kier alpha value is -2.31. The number of rotatable bonds is 6. The van der Waals surface area contributed by atoms with Gasteiger partial charge in [0.1, 0.15) is 0 Å². The van der Waals surface area contributed by atoms with Crippen LogP contribution in [-0.2, 0) is 16.1 Å². The van der Waals surface area contributed by atoms with Crippen LogP contribution in [0.5, 0.6) is 0 Å². The summed E-state index contributed by atoms with van der Waals surface area (Å²) < 4.78 is 6.69. The molecule has 1 aliphatic rings. The van der Waals surface area contributed by atoms with Crippen LogP contribution < -0.4 is 10.9 Å². The van der Waals surface area contributed by atoms with Crippen LogP contribution in [0.25, 0.3) is 0 Å². The molecule has 0 aliphatic carbocycles. The van der Waals surface area contributed by atoms with E-state index in [-0.39, 0.29) is 23.4 Å². The number of hydrogen-bond acceptors (Lipinski definition) is 4. The van der Waals surface area contributed by atoms with Crippen LogP contribution in [0, 0.1) is 18.8 Å². The number of aliphatic imine (C=N–C) groups is 1. The first-order chi connectivity index (χ1) is 12.5. The minimum atomic E-state index is -0.154. The zero-order valence-corrected chi connectivity index (χ0v) is 16.2. The molecule has 0 aromatic carbocycles. The number of methoxy groups -OCH3 is 1. The molecule has 1 aromatic heterocycles. The van der Waals surface area contributed by atoms with Crippen LogP contribution in [0.1, 0.15) is 25.5 Å². The van der Waals surface area contributed by atoms with Gasteiger partial charge in [-0.25, -0.2) is 0 Å². The lowest BCUT2D eigenvalue weighted by Crippen LogP contribution is -2.41. The van der Waals surface area contributed by atoms with E-state index < -0.39 is 0 Å². The number of aryl methyl sites for hydroxylation is 1. The first-order valence-corrected chi connectivity index (χ1v) is 9.17. The zero-order chi connectivity index (χ0) is 19.1. The predicted molar refractivity (Wildman–Crippen MR) is 102 cm³/mol. The number of esters is 1. The van der Waals surface area contributed by atoms with Crippen LogP contribution in [0.4, 0.5) is 0 Å². The first kappa shape index (κ1) is 20.0. The second-order valence-corrected chi connectivity index (χ2v) is 6.85. The number of guanidine groups is 1. The summed E-state index contributed by atoms with van der Waals surface area (Å²) in [6.07, 6.45) is 1.85. The standard InChI is InChI=1S/C19H30N4O3/c1-14-12-22(13-16(14)18(25)26-4)19(20-3)21-10-5-6-11-23-15(2)8-7-9-17(23)24/h7-9,14,16H,5-6,10-13H2,1-4H3,(H,20,21). The molecule has 26 heavy (non-hydrogen) atoms. The fourth-order valence-electron chi connectivity index (χ4n) is 3.44. The van der Waals surface area contributed by atoms with Crippen molar-refractivity contribution in [1.82, 2.24) is 14.8 Å². The first-order valence-electron chi connectivity index (χ1n) is 9.17. The van der Waals surface area contributed by atoms with Crippen molar-refractivity contribution >= 4 is 11.9 Å². The van der Waals surface area contributed by atoms with Crippen LogP contribution in [0.15, 0.2) is 28.0 Å². The van der Waals surface area contributed by atoms with Gasteiger partial charge in [-0.2, -0.15) is 0 Å². The van der Waals surface area contributed by atoms with E-state index in [1.165, 1.54) is 7.11 Å². The van der Waals surface area contributed by atoms with Crippen molar-refractivity contribution in [3.05, 3.63) is 34.2 Å². The molecule has 2 heterocycles. The van der Waals surface area contributed by atoms with Gasteiger partial charge in [0.25, 0.3) is 5.56 Å². The maximum absolute atomic E-state index is 11.9. The normalized spacial score (nSPS) is 20.3. The van der Waals surface area contributed by atoms with E-state index in [0.29, 0.717) is 6.54 Å². The average Bonchev–Trinajstić information content (AvgIpc) is 3.01. The molecule has 1 aromatic rings. The SMILES string of the molecule is CN=C(NCCCCn1c(C)cccc1=O)N1CC(C)C(C(=O)OC)C1. The average molecular weight is 362 g/mol. The molecular formula is C19H30N4O3. The molecule has 0 bridgehead atoms. The van der Waals surface area contributed by atoms with E-state index in [0.717, 1.165) is 44.1 Å². The Morgan fingerprint density at radius 2 is 2.12 bits per heavy atom.